The highest BCUT2D eigenvalue weighted by Crippen LogP contribution is 2.30. The third kappa shape index (κ3) is 1.68. The van der Waals surface area contributed by atoms with Gasteiger partial charge in [0.15, 0.2) is 0 Å². The summed E-state index contributed by atoms with van der Waals surface area (Å²) in [6.07, 6.45) is 1.94. The minimum Gasteiger partial charge on any atom is -0.496 e. The molecule has 0 aliphatic carbocycles. The van der Waals surface area contributed by atoms with Crippen molar-refractivity contribution < 1.29 is 4.74 Å². The van der Waals surface area contributed by atoms with E-state index in [1.165, 1.54) is 5.39 Å². The lowest BCUT2D eigenvalue weighted by molar-refractivity contribution is 0.416. The van der Waals surface area contributed by atoms with Gasteiger partial charge in [-0.3, -0.25) is 0 Å². The molecule has 0 spiro atoms. The van der Waals surface area contributed by atoms with Gasteiger partial charge in [0.05, 0.1) is 7.11 Å². The maximum atomic E-state index is 5.35. The monoisotopic (exact) mass is 222 g/mol. The molecule has 2 heteroatoms. The van der Waals surface area contributed by atoms with Crippen LogP contribution in [0.2, 0.25) is 0 Å². The molecular formula is C15H12NO. The SMILES string of the molecule is COc1ccc[c]c1-c1ccc2cc[nH]c2c1. The van der Waals surface area contributed by atoms with Crippen LogP contribution >= 0.6 is 0 Å². The maximum absolute atomic E-state index is 5.35. The molecule has 2 nitrogen and oxygen atoms in total. The Labute approximate surface area is 99.9 Å². The number of aromatic nitrogens is 1. The molecule has 83 valence electrons. The molecule has 1 heterocycles. The summed E-state index contributed by atoms with van der Waals surface area (Å²) >= 11 is 0. The van der Waals surface area contributed by atoms with Crippen LogP contribution in [-0.2, 0) is 0 Å². The number of hydrogen-bond donors (Lipinski definition) is 1. The predicted octanol–water partition coefficient (Wildman–Crippen LogP) is 3.64. The van der Waals surface area contributed by atoms with Crippen molar-refractivity contribution in [2.45, 2.75) is 0 Å². The van der Waals surface area contributed by atoms with Gasteiger partial charge in [-0.05, 0) is 35.2 Å². The van der Waals surface area contributed by atoms with E-state index in [9.17, 15) is 0 Å². The lowest BCUT2D eigenvalue weighted by Gasteiger charge is -2.07. The van der Waals surface area contributed by atoms with E-state index in [2.05, 4.69) is 35.3 Å². The van der Waals surface area contributed by atoms with Crippen LogP contribution in [0.3, 0.4) is 0 Å². The number of benzene rings is 2. The molecule has 1 N–H and O–H groups in total. The molecule has 0 saturated heterocycles. The third-order valence-corrected chi connectivity index (χ3v) is 2.88. The minimum atomic E-state index is 0.846. The lowest BCUT2D eigenvalue weighted by Crippen LogP contribution is -1.87. The molecule has 17 heavy (non-hydrogen) atoms. The fourth-order valence-electron chi connectivity index (χ4n) is 2.02. The Kier molecular flexibility index (Phi) is 2.33. The maximum Gasteiger partial charge on any atom is 0.127 e. The number of rotatable bonds is 2. The van der Waals surface area contributed by atoms with Crippen LogP contribution < -0.4 is 4.74 Å². The van der Waals surface area contributed by atoms with Crippen LogP contribution in [-0.4, -0.2) is 12.1 Å². The van der Waals surface area contributed by atoms with Crippen molar-refractivity contribution in [2.24, 2.45) is 0 Å². The highest BCUT2D eigenvalue weighted by atomic mass is 16.5. The summed E-state index contributed by atoms with van der Waals surface area (Å²) in [4.78, 5) is 3.21. The Morgan fingerprint density at radius 2 is 2.12 bits per heavy atom. The third-order valence-electron chi connectivity index (χ3n) is 2.88. The lowest BCUT2D eigenvalue weighted by atomic mass is 10.0. The van der Waals surface area contributed by atoms with Crippen molar-refractivity contribution in [3.8, 4) is 16.9 Å². The molecule has 2 aromatic carbocycles. The Bertz CT molecular complexity index is 655. The Balaban J connectivity index is 2.19. The number of methoxy groups -OCH3 is 1. The molecule has 1 aromatic heterocycles. The standard InChI is InChI=1S/C15H12NO/c1-17-15-5-3-2-4-13(15)12-7-6-11-8-9-16-14(11)10-12/h2-3,5-10,16H,1H3. The summed E-state index contributed by atoms with van der Waals surface area (Å²) in [5, 5.41) is 1.21. The molecule has 0 bridgehead atoms. The molecule has 0 amide bonds. The molecule has 0 fully saturated rings. The minimum absolute atomic E-state index is 0.846. The highest BCUT2D eigenvalue weighted by molar-refractivity contribution is 5.85. The summed E-state index contributed by atoms with van der Waals surface area (Å²) < 4.78 is 5.35. The van der Waals surface area contributed by atoms with Crippen LogP contribution in [0.25, 0.3) is 22.0 Å². The number of aromatic amines is 1. The molecule has 3 rings (SSSR count). The Hall–Kier alpha value is -2.22. The predicted molar refractivity (Wildman–Crippen MR) is 69.1 cm³/mol. The molecule has 3 aromatic rings. The van der Waals surface area contributed by atoms with E-state index in [1.807, 2.05) is 24.4 Å². The number of nitrogens with one attached hydrogen (secondary N) is 1. The molecule has 0 unspecified atom stereocenters. The molecule has 0 saturated carbocycles. The van der Waals surface area contributed by atoms with Gasteiger partial charge in [-0.1, -0.05) is 24.3 Å². The Morgan fingerprint density at radius 1 is 1.18 bits per heavy atom. The van der Waals surface area contributed by atoms with Crippen LogP contribution in [0, 0.1) is 6.07 Å². The highest BCUT2D eigenvalue weighted by Gasteiger charge is 2.05. The van der Waals surface area contributed by atoms with Gasteiger partial charge in [0.1, 0.15) is 5.75 Å². The van der Waals surface area contributed by atoms with E-state index < -0.39 is 0 Å². The van der Waals surface area contributed by atoms with Crippen molar-refractivity contribution in [3.05, 3.63) is 54.7 Å². The smallest absolute Gasteiger partial charge is 0.127 e. The average molecular weight is 222 g/mol. The zero-order chi connectivity index (χ0) is 11.7. The van der Waals surface area contributed by atoms with Crippen molar-refractivity contribution in [3.63, 3.8) is 0 Å². The van der Waals surface area contributed by atoms with Gasteiger partial charge < -0.3 is 9.72 Å². The van der Waals surface area contributed by atoms with Crippen molar-refractivity contribution >= 4 is 10.9 Å². The summed E-state index contributed by atoms with van der Waals surface area (Å²) in [6, 6.07) is 17.4. The molecule has 0 aliphatic heterocycles. The summed E-state index contributed by atoms with van der Waals surface area (Å²) in [5.41, 5.74) is 3.23. The van der Waals surface area contributed by atoms with Gasteiger partial charge in [0.2, 0.25) is 0 Å². The first-order valence-corrected chi connectivity index (χ1v) is 5.51. The number of hydrogen-bond acceptors (Lipinski definition) is 1. The Morgan fingerprint density at radius 3 is 3.00 bits per heavy atom. The molecule has 1 radical (unpaired) electrons. The normalized spacial score (nSPS) is 10.6. The second kappa shape index (κ2) is 3.98. The van der Waals surface area contributed by atoms with Crippen LogP contribution in [0.5, 0.6) is 5.75 Å². The average Bonchev–Trinajstić information content (AvgIpc) is 2.85. The van der Waals surface area contributed by atoms with E-state index in [0.29, 0.717) is 0 Å². The largest absolute Gasteiger partial charge is 0.496 e. The van der Waals surface area contributed by atoms with Crippen molar-refractivity contribution in [1.82, 2.24) is 4.98 Å². The second-order valence-corrected chi connectivity index (χ2v) is 3.89. The van der Waals surface area contributed by atoms with Crippen LogP contribution in [0.1, 0.15) is 0 Å². The number of fused-ring (bicyclic) bond motifs is 1. The van der Waals surface area contributed by atoms with Crippen LogP contribution in [0.15, 0.2) is 48.7 Å². The second-order valence-electron chi connectivity index (χ2n) is 3.89. The number of ether oxygens (including phenoxy) is 1. The van der Waals surface area contributed by atoms with Crippen molar-refractivity contribution in [2.75, 3.05) is 7.11 Å². The fourth-order valence-corrected chi connectivity index (χ4v) is 2.02. The van der Waals surface area contributed by atoms with E-state index in [1.54, 1.807) is 7.11 Å². The van der Waals surface area contributed by atoms with Gasteiger partial charge in [0, 0.05) is 17.3 Å². The van der Waals surface area contributed by atoms with E-state index in [0.717, 1.165) is 22.4 Å². The summed E-state index contributed by atoms with van der Waals surface area (Å²) in [5.74, 6) is 0.846. The molecular weight excluding hydrogens is 210 g/mol. The first kappa shape index (κ1) is 9.97. The zero-order valence-electron chi connectivity index (χ0n) is 9.53. The summed E-state index contributed by atoms with van der Waals surface area (Å²) in [7, 11) is 1.68. The first-order valence-electron chi connectivity index (χ1n) is 5.51. The van der Waals surface area contributed by atoms with Gasteiger partial charge in [0.25, 0.3) is 0 Å². The van der Waals surface area contributed by atoms with Gasteiger partial charge in [-0.15, -0.1) is 0 Å². The van der Waals surface area contributed by atoms with Gasteiger partial charge in [-0.2, -0.15) is 0 Å². The summed E-state index contributed by atoms with van der Waals surface area (Å²) in [6.45, 7) is 0. The topological polar surface area (TPSA) is 25.0 Å². The quantitative estimate of drug-likeness (QED) is 0.703. The van der Waals surface area contributed by atoms with Gasteiger partial charge >= 0.3 is 0 Å². The zero-order valence-corrected chi connectivity index (χ0v) is 9.53. The fraction of sp³-hybridized carbons (Fsp3) is 0.0667. The van der Waals surface area contributed by atoms with Crippen molar-refractivity contribution in [1.29, 1.82) is 0 Å². The van der Waals surface area contributed by atoms with Crippen LogP contribution in [0.4, 0.5) is 0 Å². The first-order chi connectivity index (χ1) is 8.38. The van der Waals surface area contributed by atoms with E-state index in [-0.39, 0.29) is 0 Å². The van der Waals surface area contributed by atoms with E-state index >= 15 is 0 Å². The van der Waals surface area contributed by atoms with Gasteiger partial charge in [-0.25, -0.2) is 0 Å². The number of H-pyrrole nitrogens is 1. The molecule has 0 atom stereocenters. The molecule has 0 aliphatic rings. The van der Waals surface area contributed by atoms with E-state index in [4.69, 9.17) is 4.74 Å².